The van der Waals surface area contributed by atoms with Gasteiger partial charge in [0.2, 0.25) is 0 Å². The summed E-state index contributed by atoms with van der Waals surface area (Å²) in [5.41, 5.74) is 9.81. The van der Waals surface area contributed by atoms with Gasteiger partial charge in [0.15, 0.2) is 5.82 Å². The maximum Gasteiger partial charge on any atom is 0.161 e. The van der Waals surface area contributed by atoms with Crippen LogP contribution in [0.3, 0.4) is 0 Å². The molecule has 5 aromatic heterocycles. The molecule has 13 aromatic rings. The Balaban J connectivity index is 0.981. The number of fused-ring (bicyclic) bond motifs is 11. The molecule has 0 atom stereocenters. The van der Waals surface area contributed by atoms with Crippen molar-refractivity contribution in [1.82, 2.24) is 15.2 Å². The first-order valence-electron chi connectivity index (χ1n) is 20.2. The summed E-state index contributed by atoms with van der Waals surface area (Å²) >= 11 is 1.67. The van der Waals surface area contributed by atoms with E-state index in [4.69, 9.17) is 24.0 Å². The minimum absolute atomic E-state index is 0.697. The number of thiophene rings is 1. The quantitative estimate of drug-likeness (QED) is 0.166. The first-order valence-corrected chi connectivity index (χ1v) is 21.0. The minimum atomic E-state index is 0.697. The molecule has 0 unspecified atom stereocenters. The van der Waals surface area contributed by atoms with Crippen LogP contribution in [-0.4, -0.2) is 15.2 Å². The fraction of sp³-hybridized carbons (Fsp3) is 0. The third-order valence-electron chi connectivity index (χ3n) is 11.8. The summed E-state index contributed by atoms with van der Waals surface area (Å²) in [5, 5.41) is 18.7. The SMILES string of the molecule is c1ccc2c(N(c3ccc4c(c3)oc3ccccc34)c3cnc4c(c3)sc3cc(N(c5ccc6c(c5)oc5ccccc56)c5cccc6ccccc56)nnc34)cccc2c1. The van der Waals surface area contributed by atoms with E-state index in [0.29, 0.717) is 5.82 Å². The van der Waals surface area contributed by atoms with Crippen LogP contribution in [0.15, 0.2) is 197 Å². The normalized spacial score (nSPS) is 11.9. The van der Waals surface area contributed by atoms with Gasteiger partial charge in [0.05, 0.1) is 38.3 Å². The zero-order valence-corrected chi connectivity index (χ0v) is 33.2. The van der Waals surface area contributed by atoms with Crippen LogP contribution in [0.2, 0.25) is 0 Å². The Morgan fingerprint density at radius 2 is 0.885 bits per heavy atom. The number of furan rings is 2. The Bertz CT molecular complexity index is 3620. The number of anilines is 6. The second-order valence-electron chi connectivity index (χ2n) is 15.3. The molecule has 0 radical (unpaired) electrons. The van der Waals surface area contributed by atoms with Gasteiger partial charge in [-0.05, 0) is 65.4 Å². The average molecular weight is 802 g/mol. The predicted molar refractivity (Wildman–Crippen MR) is 252 cm³/mol. The number of para-hydroxylation sites is 2. The van der Waals surface area contributed by atoms with Crippen molar-refractivity contribution in [1.29, 1.82) is 0 Å². The van der Waals surface area contributed by atoms with Crippen LogP contribution in [0, 0.1) is 0 Å². The lowest BCUT2D eigenvalue weighted by Gasteiger charge is -2.26. The van der Waals surface area contributed by atoms with Gasteiger partial charge in [0.25, 0.3) is 0 Å². The summed E-state index contributed by atoms with van der Waals surface area (Å²) in [4.78, 5) is 9.58. The minimum Gasteiger partial charge on any atom is -0.456 e. The van der Waals surface area contributed by atoms with Crippen molar-refractivity contribution < 1.29 is 8.83 Å². The highest BCUT2D eigenvalue weighted by Crippen LogP contribution is 2.45. The Hall–Kier alpha value is -8.07. The number of aromatic nitrogens is 3. The van der Waals surface area contributed by atoms with Gasteiger partial charge >= 0.3 is 0 Å². The lowest BCUT2D eigenvalue weighted by atomic mass is 10.1. The van der Waals surface area contributed by atoms with Crippen LogP contribution in [0.25, 0.3) is 85.9 Å². The zero-order chi connectivity index (χ0) is 40.0. The van der Waals surface area contributed by atoms with Gasteiger partial charge in [-0.1, -0.05) is 109 Å². The monoisotopic (exact) mass is 801 g/mol. The number of benzene rings is 8. The standard InChI is InChI=1S/C53H31N5O2S/c1-3-15-37-32(11-1)13-9-19-43(37)57(34-23-25-41-39-17-5-7-21-45(39)59-47(41)27-34)36-29-49-52(54-31-36)53-50(61-49)30-51(55-56-53)58(44-20-10-14-33-12-2-4-16-38(33)44)35-24-26-42-40-18-6-8-22-46(40)60-48(42)28-35/h1-31H. The molecule has 5 heterocycles. The van der Waals surface area contributed by atoms with Crippen molar-refractivity contribution in [2.24, 2.45) is 0 Å². The van der Waals surface area contributed by atoms with E-state index in [-0.39, 0.29) is 0 Å². The largest absolute Gasteiger partial charge is 0.456 e. The number of nitrogens with zero attached hydrogens (tertiary/aromatic N) is 5. The first-order chi connectivity index (χ1) is 30.2. The lowest BCUT2D eigenvalue weighted by molar-refractivity contribution is 0.668. The van der Waals surface area contributed by atoms with E-state index in [1.54, 1.807) is 11.3 Å². The van der Waals surface area contributed by atoms with E-state index < -0.39 is 0 Å². The van der Waals surface area contributed by atoms with Crippen molar-refractivity contribution in [3.8, 4) is 0 Å². The molecule has 0 spiro atoms. The molecule has 0 aliphatic heterocycles. The molecule has 0 N–H and O–H groups in total. The fourth-order valence-electron chi connectivity index (χ4n) is 8.98. The second-order valence-corrected chi connectivity index (χ2v) is 16.4. The lowest BCUT2D eigenvalue weighted by Crippen LogP contribution is -2.12. The first kappa shape index (κ1) is 33.9. The van der Waals surface area contributed by atoms with Crippen LogP contribution in [0.5, 0.6) is 0 Å². The van der Waals surface area contributed by atoms with E-state index in [1.165, 1.54) is 0 Å². The molecule has 286 valence electrons. The van der Waals surface area contributed by atoms with Gasteiger partial charge in [0.1, 0.15) is 33.4 Å². The molecule has 0 aliphatic carbocycles. The predicted octanol–water partition coefficient (Wildman–Crippen LogP) is 15.3. The van der Waals surface area contributed by atoms with Crippen molar-refractivity contribution in [2.75, 3.05) is 9.80 Å². The maximum absolute atomic E-state index is 6.40. The van der Waals surface area contributed by atoms with Gasteiger partial charge in [-0.25, -0.2) is 0 Å². The average Bonchev–Trinajstić information content (AvgIpc) is 3.99. The third-order valence-corrected chi connectivity index (χ3v) is 12.8. The molecular weight excluding hydrogens is 771 g/mol. The Labute approximate surface area is 351 Å². The van der Waals surface area contributed by atoms with Gasteiger partial charge in [-0.2, -0.15) is 0 Å². The molecule has 13 rings (SSSR count). The van der Waals surface area contributed by atoms with Crippen LogP contribution >= 0.6 is 11.3 Å². The second kappa shape index (κ2) is 13.2. The van der Waals surface area contributed by atoms with Crippen molar-refractivity contribution in [2.45, 2.75) is 0 Å². The Kier molecular flexibility index (Phi) is 7.34. The smallest absolute Gasteiger partial charge is 0.161 e. The summed E-state index contributed by atoms with van der Waals surface area (Å²) in [5.74, 6) is 0.697. The van der Waals surface area contributed by atoms with Gasteiger partial charge in [-0.15, -0.1) is 21.5 Å². The van der Waals surface area contributed by atoms with Crippen LogP contribution in [0.1, 0.15) is 0 Å². The van der Waals surface area contributed by atoms with Gasteiger partial charge in [-0.3, -0.25) is 9.88 Å². The highest BCUT2D eigenvalue weighted by Gasteiger charge is 2.23. The number of hydrogen-bond donors (Lipinski definition) is 0. The summed E-state index contributed by atoms with van der Waals surface area (Å²) in [7, 11) is 0. The van der Waals surface area contributed by atoms with Crippen LogP contribution in [-0.2, 0) is 0 Å². The summed E-state index contributed by atoms with van der Waals surface area (Å²) < 4.78 is 14.8. The molecule has 0 saturated carbocycles. The topological polar surface area (TPSA) is 71.4 Å². The highest BCUT2D eigenvalue weighted by molar-refractivity contribution is 7.25. The van der Waals surface area contributed by atoms with Crippen molar-refractivity contribution >= 4 is 131 Å². The summed E-state index contributed by atoms with van der Waals surface area (Å²) in [6.45, 7) is 0. The number of hydrogen-bond acceptors (Lipinski definition) is 8. The zero-order valence-electron chi connectivity index (χ0n) is 32.4. The van der Waals surface area contributed by atoms with E-state index >= 15 is 0 Å². The maximum atomic E-state index is 6.40. The molecule has 8 heteroatoms. The Morgan fingerprint density at radius 1 is 0.377 bits per heavy atom. The fourth-order valence-corrected chi connectivity index (χ4v) is 10.0. The highest BCUT2D eigenvalue weighted by atomic mass is 32.1. The summed E-state index contributed by atoms with van der Waals surface area (Å²) in [6.07, 6.45) is 1.94. The van der Waals surface area contributed by atoms with Gasteiger partial charge < -0.3 is 13.7 Å². The molecule has 8 aromatic carbocycles. The van der Waals surface area contributed by atoms with E-state index in [0.717, 1.165) is 114 Å². The number of pyridine rings is 1. The van der Waals surface area contributed by atoms with Crippen molar-refractivity contribution in [3.05, 3.63) is 188 Å². The van der Waals surface area contributed by atoms with E-state index in [2.05, 4.69) is 161 Å². The van der Waals surface area contributed by atoms with Crippen LogP contribution in [0.4, 0.5) is 34.3 Å². The van der Waals surface area contributed by atoms with Gasteiger partial charge in [0, 0.05) is 56.2 Å². The molecular formula is C53H31N5O2S. The molecule has 0 bridgehead atoms. The molecule has 0 saturated heterocycles. The van der Waals surface area contributed by atoms with E-state index in [1.807, 2.05) is 36.5 Å². The molecule has 0 aliphatic rings. The number of rotatable bonds is 6. The molecule has 61 heavy (non-hydrogen) atoms. The molecule has 0 amide bonds. The third kappa shape index (κ3) is 5.32. The van der Waals surface area contributed by atoms with E-state index in [9.17, 15) is 0 Å². The Morgan fingerprint density at radius 3 is 1.52 bits per heavy atom. The van der Waals surface area contributed by atoms with Crippen LogP contribution < -0.4 is 9.80 Å². The molecule has 7 nitrogen and oxygen atoms in total. The summed E-state index contributed by atoms with van der Waals surface area (Å²) in [6, 6.07) is 63.3. The van der Waals surface area contributed by atoms with Crippen molar-refractivity contribution in [3.63, 3.8) is 0 Å². The molecule has 0 fully saturated rings.